The SMILES string of the molecule is CC(C)(C)/C=C/c1ccc2c(c1)[C@]1(COC(N)=N1)c1cc(-c3cncnc3)ccc1O2. The van der Waals surface area contributed by atoms with Crippen LogP contribution in [-0.4, -0.2) is 22.6 Å². The average Bonchev–Trinajstić information content (AvgIpc) is 3.15. The molecule has 0 unspecified atom stereocenters. The number of hydrogen-bond acceptors (Lipinski definition) is 6. The minimum absolute atomic E-state index is 0.0857. The van der Waals surface area contributed by atoms with Crippen molar-refractivity contribution in [2.24, 2.45) is 16.1 Å². The van der Waals surface area contributed by atoms with Crippen molar-refractivity contribution in [3.05, 3.63) is 77.9 Å². The minimum atomic E-state index is -0.760. The summed E-state index contributed by atoms with van der Waals surface area (Å²) >= 11 is 0. The molecule has 0 saturated carbocycles. The highest BCUT2D eigenvalue weighted by atomic mass is 16.5. The van der Waals surface area contributed by atoms with E-state index in [1.165, 1.54) is 6.33 Å². The van der Waals surface area contributed by atoms with E-state index < -0.39 is 5.54 Å². The highest BCUT2D eigenvalue weighted by molar-refractivity contribution is 5.78. The van der Waals surface area contributed by atoms with Crippen LogP contribution in [0, 0.1) is 5.41 Å². The molecule has 0 fully saturated rings. The van der Waals surface area contributed by atoms with Gasteiger partial charge < -0.3 is 15.2 Å². The summed E-state index contributed by atoms with van der Waals surface area (Å²) in [6.45, 7) is 6.84. The summed E-state index contributed by atoms with van der Waals surface area (Å²) in [4.78, 5) is 13.1. The smallest absolute Gasteiger partial charge is 0.283 e. The van der Waals surface area contributed by atoms with Gasteiger partial charge in [-0.3, -0.25) is 0 Å². The summed E-state index contributed by atoms with van der Waals surface area (Å²) in [7, 11) is 0. The molecule has 1 atom stereocenters. The fourth-order valence-electron chi connectivity index (χ4n) is 3.95. The zero-order valence-corrected chi connectivity index (χ0v) is 17.8. The number of aromatic nitrogens is 2. The second-order valence-corrected chi connectivity index (χ2v) is 8.99. The van der Waals surface area contributed by atoms with Gasteiger partial charge in [0.05, 0.1) is 0 Å². The number of nitrogens with two attached hydrogens (primary N) is 1. The number of fused-ring (bicyclic) bond motifs is 4. The van der Waals surface area contributed by atoms with E-state index >= 15 is 0 Å². The Morgan fingerprint density at radius 1 is 0.968 bits per heavy atom. The molecule has 2 aliphatic heterocycles. The maximum absolute atomic E-state index is 6.27. The van der Waals surface area contributed by atoms with Crippen molar-refractivity contribution in [2.45, 2.75) is 26.3 Å². The number of aliphatic imine (C=N–C) groups is 1. The van der Waals surface area contributed by atoms with E-state index in [4.69, 9.17) is 20.2 Å². The second kappa shape index (κ2) is 6.94. The van der Waals surface area contributed by atoms with Crippen molar-refractivity contribution < 1.29 is 9.47 Å². The van der Waals surface area contributed by atoms with Gasteiger partial charge in [0.25, 0.3) is 6.02 Å². The van der Waals surface area contributed by atoms with Gasteiger partial charge in [0, 0.05) is 29.1 Å². The number of nitrogens with zero attached hydrogens (tertiary/aromatic N) is 3. The van der Waals surface area contributed by atoms with Gasteiger partial charge in [-0.25, -0.2) is 15.0 Å². The van der Waals surface area contributed by atoms with Crippen LogP contribution in [0.15, 0.2) is 66.2 Å². The monoisotopic (exact) mass is 412 g/mol. The predicted octanol–water partition coefficient (Wildman–Crippen LogP) is 4.90. The number of hydrogen-bond donors (Lipinski definition) is 1. The molecule has 3 heterocycles. The van der Waals surface area contributed by atoms with E-state index in [2.05, 4.69) is 61.1 Å². The van der Waals surface area contributed by atoms with Crippen LogP contribution in [0.25, 0.3) is 17.2 Å². The van der Waals surface area contributed by atoms with Crippen LogP contribution in [0.4, 0.5) is 0 Å². The van der Waals surface area contributed by atoms with Crippen LogP contribution >= 0.6 is 0 Å². The molecule has 0 bridgehead atoms. The first-order chi connectivity index (χ1) is 14.8. The van der Waals surface area contributed by atoms with Crippen LogP contribution in [0.2, 0.25) is 0 Å². The van der Waals surface area contributed by atoms with E-state index in [-0.39, 0.29) is 11.4 Å². The van der Waals surface area contributed by atoms with Crippen molar-refractivity contribution in [1.29, 1.82) is 0 Å². The Morgan fingerprint density at radius 3 is 2.35 bits per heavy atom. The lowest BCUT2D eigenvalue weighted by Gasteiger charge is -2.34. The molecule has 2 N–H and O–H groups in total. The summed E-state index contributed by atoms with van der Waals surface area (Å²) in [5, 5.41) is 0. The molecular weight excluding hydrogens is 388 g/mol. The highest BCUT2D eigenvalue weighted by Gasteiger charge is 2.47. The Balaban J connectivity index is 1.67. The van der Waals surface area contributed by atoms with Gasteiger partial charge in [-0.1, -0.05) is 45.1 Å². The molecule has 2 aliphatic rings. The summed E-state index contributed by atoms with van der Waals surface area (Å²) in [5.74, 6) is 1.51. The molecule has 0 saturated heterocycles. The van der Waals surface area contributed by atoms with E-state index in [0.717, 1.165) is 39.3 Å². The van der Waals surface area contributed by atoms with Gasteiger partial charge in [-0.05, 0) is 40.8 Å². The van der Waals surface area contributed by atoms with E-state index in [1.54, 1.807) is 12.4 Å². The standard InChI is InChI=1S/C25H24N4O2/c1-24(2,3)9-8-16-4-6-21-19(10-16)25(14-30-23(26)29-25)20-11-17(5-7-22(20)31-21)18-12-27-15-28-13-18/h4-13,15H,14H2,1-3H3,(H2,26,29)/b9-8+/t25-/m1/s1. The number of rotatable bonds is 2. The predicted molar refractivity (Wildman–Crippen MR) is 121 cm³/mol. The molecular formula is C25H24N4O2. The summed E-state index contributed by atoms with van der Waals surface area (Å²) in [6, 6.07) is 12.4. The fraction of sp³-hybridized carbons (Fsp3) is 0.240. The normalized spacial score (nSPS) is 19.5. The molecule has 0 radical (unpaired) electrons. The fourth-order valence-corrected chi connectivity index (χ4v) is 3.95. The van der Waals surface area contributed by atoms with Crippen molar-refractivity contribution >= 4 is 12.1 Å². The third-order valence-electron chi connectivity index (χ3n) is 5.49. The third kappa shape index (κ3) is 3.44. The van der Waals surface area contributed by atoms with Gasteiger partial charge in [0.1, 0.15) is 24.4 Å². The topological polar surface area (TPSA) is 82.6 Å². The van der Waals surface area contributed by atoms with Crippen molar-refractivity contribution in [1.82, 2.24) is 9.97 Å². The van der Waals surface area contributed by atoms with Crippen LogP contribution in [0.1, 0.15) is 37.5 Å². The van der Waals surface area contributed by atoms with E-state index in [0.29, 0.717) is 6.61 Å². The zero-order chi connectivity index (χ0) is 21.6. The lowest BCUT2D eigenvalue weighted by molar-refractivity contribution is 0.264. The maximum atomic E-state index is 6.27. The molecule has 31 heavy (non-hydrogen) atoms. The van der Waals surface area contributed by atoms with Gasteiger partial charge in [0.15, 0.2) is 5.54 Å². The first-order valence-electron chi connectivity index (χ1n) is 10.2. The molecule has 0 amide bonds. The molecule has 3 aromatic rings. The Hall–Kier alpha value is -3.67. The lowest BCUT2D eigenvalue weighted by atomic mass is 9.80. The van der Waals surface area contributed by atoms with E-state index in [1.807, 2.05) is 18.2 Å². The molecule has 0 aliphatic carbocycles. The number of amidine groups is 1. The molecule has 5 rings (SSSR count). The summed E-state index contributed by atoms with van der Waals surface area (Å²) < 4.78 is 12.0. The quantitative estimate of drug-likeness (QED) is 0.647. The highest BCUT2D eigenvalue weighted by Crippen LogP contribution is 2.51. The molecule has 6 nitrogen and oxygen atoms in total. The number of allylic oxidation sites excluding steroid dienone is 1. The first-order valence-corrected chi connectivity index (χ1v) is 10.2. The molecule has 1 spiro atoms. The van der Waals surface area contributed by atoms with Crippen LogP contribution in [0.5, 0.6) is 11.5 Å². The third-order valence-corrected chi connectivity index (χ3v) is 5.49. The average molecular weight is 412 g/mol. The molecule has 2 aromatic carbocycles. The van der Waals surface area contributed by atoms with Crippen molar-refractivity contribution in [3.63, 3.8) is 0 Å². The van der Waals surface area contributed by atoms with Crippen molar-refractivity contribution in [2.75, 3.05) is 6.61 Å². The minimum Gasteiger partial charge on any atom is -0.462 e. The Labute approximate surface area is 181 Å². The Kier molecular flexibility index (Phi) is 4.32. The van der Waals surface area contributed by atoms with Crippen molar-refractivity contribution in [3.8, 4) is 22.6 Å². The van der Waals surface area contributed by atoms with Gasteiger partial charge in [0.2, 0.25) is 0 Å². The first kappa shape index (κ1) is 19.3. The van der Waals surface area contributed by atoms with Gasteiger partial charge >= 0.3 is 0 Å². The lowest BCUT2D eigenvalue weighted by Crippen LogP contribution is -2.31. The number of benzene rings is 2. The van der Waals surface area contributed by atoms with Gasteiger partial charge in [-0.2, -0.15) is 0 Å². The molecule has 6 heteroatoms. The summed E-state index contributed by atoms with van der Waals surface area (Å²) in [6.07, 6.45) is 9.42. The van der Waals surface area contributed by atoms with E-state index in [9.17, 15) is 0 Å². The van der Waals surface area contributed by atoms with Gasteiger partial charge in [-0.15, -0.1) is 0 Å². The number of ether oxygens (including phenoxy) is 2. The maximum Gasteiger partial charge on any atom is 0.283 e. The Bertz CT molecular complexity index is 1210. The zero-order valence-electron chi connectivity index (χ0n) is 17.8. The van der Waals surface area contributed by atoms with Crippen LogP contribution < -0.4 is 10.5 Å². The largest absolute Gasteiger partial charge is 0.462 e. The Morgan fingerprint density at radius 2 is 1.68 bits per heavy atom. The molecule has 156 valence electrons. The summed E-state index contributed by atoms with van der Waals surface area (Å²) in [5.41, 5.74) is 10.2. The van der Waals surface area contributed by atoms with Crippen LogP contribution in [-0.2, 0) is 10.3 Å². The second-order valence-electron chi connectivity index (χ2n) is 8.99. The molecule has 1 aromatic heterocycles. The van der Waals surface area contributed by atoms with Crippen LogP contribution in [0.3, 0.4) is 0 Å².